The smallest absolute Gasteiger partial charge is 0.323 e. The lowest BCUT2D eigenvalue weighted by molar-refractivity contribution is 0.414. The van der Waals surface area contributed by atoms with Gasteiger partial charge in [0.25, 0.3) is 0 Å². The number of fused-ring (bicyclic) bond motifs is 1. The predicted molar refractivity (Wildman–Crippen MR) is 107 cm³/mol. The molecule has 1 atom stereocenters. The fourth-order valence-corrected chi connectivity index (χ4v) is 4.33. The molecule has 0 aliphatic rings. The van der Waals surface area contributed by atoms with Crippen LogP contribution in [0.5, 0.6) is 5.75 Å². The lowest BCUT2D eigenvalue weighted by Crippen LogP contribution is -2.31. The summed E-state index contributed by atoms with van der Waals surface area (Å²) >= 11 is 0. The topological polar surface area (TPSA) is 122 Å². The lowest BCUT2D eigenvalue weighted by atomic mass is 10.1. The van der Waals surface area contributed by atoms with Gasteiger partial charge in [0.2, 0.25) is 10.0 Å². The molecule has 0 aliphatic heterocycles. The van der Waals surface area contributed by atoms with Crippen molar-refractivity contribution >= 4 is 21.1 Å². The van der Waals surface area contributed by atoms with Crippen LogP contribution in [0.1, 0.15) is 17.4 Å². The fourth-order valence-electron chi connectivity index (χ4n) is 3.12. The third-order valence-electron chi connectivity index (χ3n) is 4.64. The molecule has 0 aliphatic carbocycles. The number of sulfonamides is 1. The number of H-pyrrole nitrogens is 2. The lowest BCUT2D eigenvalue weighted by Gasteiger charge is -2.19. The third-order valence-corrected chi connectivity index (χ3v) is 6.06. The number of hydrogen-bond donors (Lipinski definition) is 3. The Balaban J connectivity index is 1.75. The molecule has 2 aromatic carbocycles. The first-order chi connectivity index (χ1) is 13.9. The first kappa shape index (κ1) is 19.0. The number of imidazole rings is 2. The summed E-state index contributed by atoms with van der Waals surface area (Å²) in [5, 5.41) is 0. The van der Waals surface area contributed by atoms with Crippen molar-refractivity contribution in [3.8, 4) is 5.75 Å². The van der Waals surface area contributed by atoms with Crippen LogP contribution < -0.4 is 15.1 Å². The molecule has 9 nitrogen and oxygen atoms in total. The number of methoxy groups -OCH3 is 1. The Hall–Kier alpha value is -3.37. The van der Waals surface area contributed by atoms with Crippen LogP contribution in [0.4, 0.5) is 0 Å². The van der Waals surface area contributed by atoms with Crippen LogP contribution in [0.15, 0.2) is 64.5 Å². The van der Waals surface area contributed by atoms with Gasteiger partial charge in [-0.2, -0.15) is 4.72 Å². The van der Waals surface area contributed by atoms with Crippen LogP contribution in [0.25, 0.3) is 11.0 Å². The summed E-state index contributed by atoms with van der Waals surface area (Å²) < 4.78 is 35.9. The number of aromatic amines is 2. The maximum atomic E-state index is 13.1. The minimum absolute atomic E-state index is 0.0352. The first-order valence-corrected chi connectivity index (χ1v) is 10.2. The van der Waals surface area contributed by atoms with Gasteiger partial charge in [-0.3, -0.25) is 0 Å². The monoisotopic (exact) mass is 413 g/mol. The Kier molecular flexibility index (Phi) is 4.73. The SMILES string of the molecule is COc1ccc(C(NS(=O)(=O)c2ccc3[nH]c(=O)[nH]c3c2)c2nccn2C)cc1. The minimum atomic E-state index is -3.92. The highest BCUT2D eigenvalue weighted by atomic mass is 32.2. The first-order valence-electron chi connectivity index (χ1n) is 8.73. The molecule has 0 fully saturated rings. The number of hydrogen-bond acceptors (Lipinski definition) is 5. The Labute approximate surface area is 166 Å². The van der Waals surface area contributed by atoms with Crippen molar-refractivity contribution in [3.63, 3.8) is 0 Å². The highest BCUT2D eigenvalue weighted by Crippen LogP contribution is 2.26. The van der Waals surface area contributed by atoms with Gasteiger partial charge in [0.05, 0.1) is 23.0 Å². The van der Waals surface area contributed by atoms with Crippen molar-refractivity contribution in [1.82, 2.24) is 24.2 Å². The molecule has 0 bridgehead atoms. The van der Waals surface area contributed by atoms with E-state index in [1.807, 2.05) is 0 Å². The number of nitrogens with one attached hydrogen (secondary N) is 3. The highest BCUT2D eigenvalue weighted by molar-refractivity contribution is 7.89. The van der Waals surface area contributed by atoms with Gasteiger partial charge < -0.3 is 19.3 Å². The maximum Gasteiger partial charge on any atom is 0.323 e. The van der Waals surface area contributed by atoms with E-state index in [-0.39, 0.29) is 4.90 Å². The predicted octanol–water partition coefficient (Wildman–Crippen LogP) is 1.67. The van der Waals surface area contributed by atoms with Crippen molar-refractivity contribution in [2.45, 2.75) is 10.9 Å². The Morgan fingerprint density at radius 2 is 1.83 bits per heavy atom. The van der Waals surface area contributed by atoms with Crippen LogP contribution in [0, 0.1) is 0 Å². The van der Waals surface area contributed by atoms with Crippen LogP contribution in [0.3, 0.4) is 0 Å². The van der Waals surface area contributed by atoms with Crippen molar-refractivity contribution in [2.24, 2.45) is 7.05 Å². The summed E-state index contributed by atoms with van der Waals surface area (Å²) in [6, 6.07) is 10.8. The molecule has 10 heteroatoms. The molecule has 0 amide bonds. The van der Waals surface area contributed by atoms with Gasteiger partial charge in [0.15, 0.2) is 0 Å². The summed E-state index contributed by atoms with van der Waals surface area (Å²) in [6.45, 7) is 0. The van der Waals surface area contributed by atoms with E-state index in [1.54, 1.807) is 61.5 Å². The average molecular weight is 413 g/mol. The van der Waals surface area contributed by atoms with Crippen molar-refractivity contribution < 1.29 is 13.2 Å². The summed E-state index contributed by atoms with van der Waals surface area (Å²) in [5.74, 6) is 1.20. The summed E-state index contributed by atoms with van der Waals surface area (Å²) in [6.07, 6.45) is 3.35. The van der Waals surface area contributed by atoms with E-state index in [0.717, 1.165) is 0 Å². The molecule has 0 spiro atoms. The normalized spacial score (nSPS) is 12.9. The maximum absolute atomic E-state index is 13.1. The molecule has 4 rings (SSSR count). The number of rotatable bonds is 6. The summed E-state index contributed by atoms with van der Waals surface area (Å²) in [7, 11) is -0.559. The molecule has 0 radical (unpaired) electrons. The number of aromatic nitrogens is 4. The zero-order valence-electron chi connectivity index (χ0n) is 15.7. The van der Waals surface area contributed by atoms with E-state index < -0.39 is 21.8 Å². The molecule has 150 valence electrons. The van der Waals surface area contributed by atoms with Crippen molar-refractivity contribution in [2.75, 3.05) is 7.11 Å². The van der Waals surface area contributed by atoms with E-state index >= 15 is 0 Å². The Morgan fingerprint density at radius 1 is 1.10 bits per heavy atom. The number of ether oxygens (including phenoxy) is 1. The third kappa shape index (κ3) is 3.67. The largest absolute Gasteiger partial charge is 0.497 e. The van der Waals surface area contributed by atoms with E-state index in [0.29, 0.717) is 28.2 Å². The summed E-state index contributed by atoms with van der Waals surface area (Å²) in [5.41, 5.74) is 1.26. The number of nitrogens with zero attached hydrogens (tertiary/aromatic N) is 2. The van der Waals surface area contributed by atoms with E-state index in [1.165, 1.54) is 12.1 Å². The second-order valence-corrected chi connectivity index (χ2v) is 8.22. The van der Waals surface area contributed by atoms with Gasteiger partial charge in [0.1, 0.15) is 17.6 Å². The summed E-state index contributed by atoms with van der Waals surface area (Å²) in [4.78, 5) is 21.0. The molecular weight excluding hydrogens is 394 g/mol. The highest BCUT2D eigenvalue weighted by Gasteiger charge is 2.26. The molecule has 1 unspecified atom stereocenters. The molecular formula is C19H19N5O4S. The van der Waals surface area contributed by atoms with Crippen LogP contribution in [-0.4, -0.2) is 35.0 Å². The minimum Gasteiger partial charge on any atom is -0.497 e. The molecule has 2 heterocycles. The van der Waals surface area contributed by atoms with Crippen LogP contribution in [0.2, 0.25) is 0 Å². The van der Waals surface area contributed by atoms with Gasteiger partial charge in [-0.25, -0.2) is 18.2 Å². The zero-order valence-corrected chi connectivity index (χ0v) is 16.5. The molecule has 3 N–H and O–H groups in total. The van der Waals surface area contributed by atoms with Gasteiger partial charge in [0, 0.05) is 19.4 Å². The van der Waals surface area contributed by atoms with Gasteiger partial charge in [-0.1, -0.05) is 12.1 Å². The van der Waals surface area contributed by atoms with Gasteiger partial charge in [-0.05, 0) is 35.9 Å². The van der Waals surface area contributed by atoms with E-state index in [4.69, 9.17) is 4.74 Å². The zero-order chi connectivity index (χ0) is 20.6. The molecule has 29 heavy (non-hydrogen) atoms. The van der Waals surface area contributed by atoms with Crippen molar-refractivity contribution in [3.05, 3.63) is 76.7 Å². The fraction of sp³-hybridized carbons (Fsp3) is 0.158. The molecule has 0 saturated heterocycles. The average Bonchev–Trinajstić information content (AvgIpc) is 3.30. The second-order valence-electron chi connectivity index (χ2n) is 6.51. The van der Waals surface area contributed by atoms with Crippen molar-refractivity contribution in [1.29, 1.82) is 0 Å². The van der Waals surface area contributed by atoms with E-state index in [9.17, 15) is 13.2 Å². The molecule has 2 aromatic heterocycles. The molecule has 0 saturated carbocycles. The Morgan fingerprint density at radius 3 is 2.48 bits per heavy atom. The van der Waals surface area contributed by atoms with Crippen LogP contribution >= 0.6 is 0 Å². The van der Waals surface area contributed by atoms with Gasteiger partial charge >= 0.3 is 5.69 Å². The quantitative estimate of drug-likeness (QED) is 0.444. The second kappa shape index (κ2) is 7.22. The number of benzene rings is 2. The standard InChI is InChI=1S/C19H19N5O4S/c1-24-10-9-20-18(24)17(12-3-5-13(28-2)6-4-12)23-29(26,27)14-7-8-15-16(11-14)22-19(25)21-15/h3-11,17,23H,1-2H3,(H2,21,22,25). The number of aryl methyl sites for hydroxylation is 1. The van der Waals surface area contributed by atoms with E-state index in [2.05, 4.69) is 19.7 Å². The Bertz CT molecular complexity index is 1320. The van der Waals surface area contributed by atoms with Gasteiger partial charge in [-0.15, -0.1) is 0 Å². The van der Waals surface area contributed by atoms with Crippen LogP contribution in [-0.2, 0) is 17.1 Å². The molecule has 4 aromatic rings.